The van der Waals surface area contributed by atoms with Gasteiger partial charge in [-0.3, -0.25) is 0 Å². The van der Waals surface area contributed by atoms with Gasteiger partial charge in [-0.1, -0.05) is 24.2 Å². The van der Waals surface area contributed by atoms with Crippen molar-refractivity contribution < 1.29 is 0 Å². The molecule has 16 heavy (non-hydrogen) atoms. The number of hydrogen-bond acceptors (Lipinski definition) is 4. The van der Waals surface area contributed by atoms with Gasteiger partial charge in [-0.25, -0.2) is 9.50 Å². The Morgan fingerprint density at radius 3 is 2.62 bits per heavy atom. The standard InChI is InChI=1S/C11H16N4S/c1-9-8-15-10(12-9)16-11(13-15)14-6-4-2-3-5-7-14/h8H,2-7H2,1H3. The molecule has 0 atom stereocenters. The smallest absolute Gasteiger partial charge is 0.214 e. The first-order valence-corrected chi connectivity index (χ1v) is 6.72. The molecule has 0 bridgehead atoms. The van der Waals surface area contributed by atoms with Gasteiger partial charge in [-0.15, -0.1) is 5.10 Å². The van der Waals surface area contributed by atoms with E-state index in [0.717, 1.165) is 28.9 Å². The van der Waals surface area contributed by atoms with E-state index in [4.69, 9.17) is 0 Å². The molecule has 0 N–H and O–H groups in total. The van der Waals surface area contributed by atoms with E-state index in [9.17, 15) is 0 Å². The predicted octanol–water partition coefficient (Wildman–Crippen LogP) is 2.48. The first kappa shape index (κ1) is 10.1. The van der Waals surface area contributed by atoms with Crippen molar-refractivity contribution in [2.75, 3.05) is 18.0 Å². The number of aryl methyl sites for hydroxylation is 1. The van der Waals surface area contributed by atoms with Gasteiger partial charge in [-0.05, 0) is 19.8 Å². The van der Waals surface area contributed by atoms with Crippen molar-refractivity contribution in [3.63, 3.8) is 0 Å². The maximum absolute atomic E-state index is 4.60. The molecule has 1 aliphatic rings. The highest BCUT2D eigenvalue weighted by atomic mass is 32.1. The van der Waals surface area contributed by atoms with Gasteiger partial charge in [0.2, 0.25) is 10.1 Å². The van der Waals surface area contributed by atoms with Gasteiger partial charge in [0, 0.05) is 13.1 Å². The molecule has 86 valence electrons. The Balaban J connectivity index is 1.89. The lowest BCUT2D eigenvalue weighted by Crippen LogP contribution is -2.23. The summed E-state index contributed by atoms with van der Waals surface area (Å²) in [5, 5.41) is 5.73. The lowest BCUT2D eigenvalue weighted by atomic mass is 10.2. The van der Waals surface area contributed by atoms with Crippen LogP contribution in [0.15, 0.2) is 6.20 Å². The van der Waals surface area contributed by atoms with Crippen LogP contribution in [0, 0.1) is 6.92 Å². The Kier molecular flexibility index (Phi) is 2.55. The molecule has 3 rings (SSSR count). The van der Waals surface area contributed by atoms with Crippen LogP contribution in [-0.4, -0.2) is 27.7 Å². The zero-order chi connectivity index (χ0) is 11.0. The van der Waals surface area contributed by atoms with Gasteiger partial charge < -0.3 is 4.90 Å². The minimum atomic E-state index is 1.01. The van der Waals surface area contributed by atoms with Crippen LogP contribution < -0.4 is 4.90 Å². The molecular formula is C11H16N4S. The molecule has 0 spiro atoms. The molecule has 0 saturated carbocycles. The Bertz CT molecular complexity index is 448. The number of nitrogens with zero attached hydrogens (tertiary/aromatic N) is 4. The highest BCUT2D eigenvalue weighted by Crippen LogP contribution is 2.25. The number of fused-ring (bicyclic) bond motifs is 1. The van der Waals surface area contributed by atoms with Crippen LogP contribution in [0.2, 0.25) is 0 Å². The Labute approximate surface area is 98.9 Å². The molecule has 0 aliphatic carbocycles. The molecule has 1 saturated heterocycles. The second kappa shape index (κ2) is 4.05. The minimum Gasteiger partial charge on any atom is -0.347 e. The van der Waals surface area contributed by atoms with Crippen LogP contribution >= 0.6 is 11.3 Å². The molecule has 3 heterocycles. The third-order valence-electron chi connectivity index (χ3n) is 3.03. The van der Waals surface area contributed by atoms with E-state index in [-0.39, 0.29) is 0 Å². The molecule has 1 aliphatic heterocycles. The van der Waals surface area contributed by atoms with Crippen LogP contribution in [0.5, 0.6) is 0 Å². The van der Waals surface area contributed by atoms with Gasteiger partial charge >= 0.3 is 0 Å². The van der Waals surface area contributed by atoms with Crippen molar-refractivity contribution in [1.29, 1.82) is 0 Å². The topological polar surface area (TPSA) is 33.4 Å². The predicted molar refractivity (Wildman–Crippen MR) is 66.3 cm³/mol. The fourth-order valence-electron chi connectivity index (χ4n) is 2.19. The average Bonchev–Trinajstić information content (AvgIpc) is 2.65. The highest BCUT2D eigenvalue weighted by Gasteiger charge is 2.15. The normalized spacial score (nSPS) is 17.9. The van der Waals surface area contributed by atoms with Crippen molar-refractivity contribution in [1.82, 2.24) is 14.6 Å². The van der Waals surface area contributed by atoms with Crippen LogP contribution in [-0.2, 0) is 0 Å². The van der Waals surface area contributed by atoms with Gasteiger partial charge in [0.15, 0.2) is 0 Å². The SMILES string of the molecule is Cc1cn2nc(N3CCCCCC3)sc2n1. The maximum atomic E-state index is 4.60. The largest absolute Gasteiger partial charge is 0.347 e. The first-order valence-electron chi connectivity index (χ1n) is 5.91. The summed E-state index contributed by atoms with van der Waals surface area (Å²) in [6.07, 6.45) is 7.30. The summed E-state index contributed by atoms with van der Waals surface area (Å²) in [6, 6.07) is 0. The van der Waals surface area contributed by atoms with Crippen molar-refractivity contribution in [2.24, 2.45) is 0 Å². The molecule has 0 unspecified atom stereocenters. The molecule has 2 aromatic heterocycles. The second-order valence-electron chi connectivity index (χ2n) is 4.40. The van der Waals surface area contributed by atoms with Crippen LogP contribution in [0.3, 0.4) is 0 Å². The maximum Gasteiger partial charge on any atom is 0.214 e. The highest BCUT2D eigenvalue weighted by molar-refractivity contribution is 7.20. The Morgan fingerprint density at radius 2 is 1.94 bits per heavy atom. The average molecular weight is 236 g/mol. The van der Waals surface area contributed by atoms with Gasteiger partial charge in [0.25, 0.3) is 0 Å². The van der Waals surface area contributed by atoms with E-state index < -0.39 is 0 Å². The third-order valence-corrected chi connectivity index (χ3v) is 4.01. The fourth-order valence-corrected chi connectivity index (χ4v) is 3.17. The summed E-state index contributed by atoms with van der Waals surface area (Å²) in [5.74, 6) is 0. The van der Waals surface area contributed by atoms with E-state index in [1.807, 2.05) is 17.6 Å². The second-order valence-corrected chi connectivity index (χ2v) is 5.33. The van der Waals surface area contributed by atoms with Crippen LogP contribution in [0.25, 0.3) is 4.96 Å². The minimum absolute atomic E-state index is 1.01. The molecule has 2 aromatic rings. The van der Waals surface area contributed by atoms with E-state index in [0.29, 0.717) is 0 Å². The van der Waals surface area contributed by atoms with Crippen LogP contribution in [0.4, 0.5) is 5.13 Å². The summed E-state index contributed by atoms with van der Waals surface area (Å²) in [6.45, 7) is 4.30. The van der Waals surface area contributed by atoms with E-state index in [1.54, 1.807) is 11.3 Å². The summed E-state index contributed by atoms with van der Waals surface area (Å²) in [4.78, 5) is 7.86. The lowest BCUT2D eigenvalue weighted by Gasteiger charge is -2.17. The number of hydrogen-bond donors (Lipinski definition) is 0. The molecule has 0 radical (unpaired) electrons. The Hall–Kier alpha value is -1.10. The van der Waals surface area contributed by atoms with Crippen molar-refractivity contribution >= 4 is 21.4 Å². The fraction of sp³-hybridized carbons (Fsp3) is 0.636. The summed E-state index contributed by atoms with van der Waals surface area (Å²) in [7, 11) is 0. The van der Waals surface area contributed by atoms with E-state index in [2.05, 4.69) is 15.0 Å². The van der Waals surface area contributed by atoms with Crippen LogP contribution in [0.1, 0.15) is 31.4 Å². The number of rotatable bonds is 1. The summed E-state index contributed by atoms with van der Waals surface area (Å²) >= 11 is 1.70. The van der Waals surface area contributed by atoms with E-state index >= 15 is 0 Å². The van der Waals surface area contributed by atoms with Crippen molar-refractivity contribution in [2.45, 2.75) is 32.6 Å². The van der Waals surface area contributed by atoms with Crippen molar-refractivity contribution in [3.8, 4) is 0 Å². The first-order chi connectivity index (χ1) is 7.83. The third kappa shape index (κ3) is 1.80. The molecule has 0 aromatic carbocycles. The lowest BCUT2D eigenvalue weighted by molar-refractivity contribution is 0.726. The van der Waals surface area contributed by atoms with Gasteiger partial charge in [0.1, 0.15) is 0 Å². The quantitative estimate of drug-likeness (QED) is 0.762. The molecule has 0 amide bonds. The van der Waals surface area contributed by atoms with Gasteiger partial charge in [0.05, 0.1) is 11.9 Å². The zero-order valence-electron chi connectivity index (χ0n) is 9.52. The number of imidazole rings is 1. The molecule has 1 fully saturated rings. The van der Waals surface area contributed by atoms with Crippen molar-refractivity contribution in [3.05, 3.63) is 11.9 Å². The van der Waals surface area contributed by atoms with E-state index in [1.165, 1.54) is 25.7 Å². The molecular weight excluding hydrogens is 220 g/mol. The molecule has 4 nitrogen and oxygen atoms in total. The number of aromatic nitrogens is 3. The van der Waals surface area contributed by atoms with Gasteiger partial charge in [-0.2, -0.15) is 0 Å². The monoisotopic (exact) mass is 236 g/mol. The number of anilines is 1. The summed E-state index contributed by atoms with van der Waals surface area (Å²) in [5.41, 5.74) is 1.04. The molecule has 5 heteroatoms. The Morgan fingerprint density at radius 1 is 1.19 bits per heavy atom. The summed E-state index contributed by atoms with van der Waals surface area (Å²) < 4.78 is 1.90. The zero-order valence-corrected chi connectivity index (χ0v) is 10.3.